The van der Waals surface area contributed by atoms with Gasteiger partial charge in [0.1, 0.15) is 6.61 Å². The number of esters is 2. The van der Waals surface area contributed by atoms with Crippen molar-refractivity contribution in [3.63, 3.8) is 0 Å². The van der Waals surface area contributed by atoms with Gasteiger partial charge in [-0.25, -0.2) is 0 Å². The molecule has 0 saturated heterocycles. The summed E-state index contributed by atoms with van der Waals surface area (Å²) in [6.45, 7) is 7.56. The average Bonchev–Trinajstić information content (AvgIpc) is 3.36. The molecule has 0 heterocycles. The first-order valence-corrected chi connectivity index (χ1v) is 29.4. The van der Waals surface area contributed by atoms with Crippen LogP contribution in [0.15, 0.2) is 109 Å². The standard InChI is InChI=1S/C65H110O5/c1-4-7-10-13-16-19-22-25-28-30-32-34-36-39-42-45-48-51-54-57-60-68-61-63(70-65(67)59-56-53-50-47-44-41-37-27-24-21-18-15-12-9-6-3)62-69-64(66)58-55-52-49-46-43-40-38-35-33-31-29-26-23-20-17-14-11-8-5-2/h7-8,10-11,16-17,19-20,25-29,32-35,37,63H,4-6,9,12-15,18,21-24,30-31,36,38-62H2,1-3H3/b10-7-,11-8-,19-16-,20-17-,28-25-,29-26-,34-32-,35-33-,37-27-. The summed E-state index contributed by atoms with van der Waals surface area (Å²) in [5.41, 5.74) is 0. The van der Waals surface area contributed by atoms with E-state index in [0.717, 1.165) is 116 Å². The van der Waals surface area contributed by atoms with E-state index in [9.17, 15) is 9.59 Å². The molecule has 0 spiro atoms. The predicted octanol–water partition coefficient (Wildman–Crippen LogP) is 20.3. The topological polar surface area (TPSA) is 61.8 Å². The quantitative estimate of drug-likeness (QED) is 0.0345. The normalized spacial score (nSPS) is 13.0. The van der Waals surface area contributed by atoms with Crippen LogP contribution < -0.4 is 0 Å². The molecule has 70 heavy (non-hydrogen) atoms. The van der Waals surface area contributed by atoms with Gasteiger partial charge in [-0.15, -0.1) is 0 Å². The smallest absolute Gasteiger partial charge is 0.306 e. The lowest BCUT2D eigenvalue weighted by atomic mass is 10.1. The molecule has 1 atom stereocenters. The predicted molar refractivity (Wildman–Crippen MR) is 306 cm³/mol. The van der Waals surface area contributed by atoms with Crippen LogP contribution in [0.1, 0.15) is 265 Å². The fourth-order valence-corrected chi connectivity index (χ4v) is 7.96. The molecule has 1 unspecified atom stereocenters. The minimum atomic E-state index is -0.560. The van der Waals surface area contributed by atoms with E-state index >= 15 is 0 Å². The van der Waals surface area contributed by atoms with Crippen molar-refractivity contribution >= 4 is 11.9 Å². The first-order chi connectivity index (χ1) is 34.6. The third kappa shape index (κ3) is 57.1. The van der Waals surface area contributed by atoms with Crippen LogP contribution >= 0.6 is 0 Å². The van der Waals surface area contributed by atoms with Crippen molar-refractivity contribution in [2.24, 2.45) is 0 Å². The molecule has 0 aliphatic heterocycles. The lowest BCUT2D eigenvalue weighted by Crippen LogP contribution is -2.30. The Bertz CT molecular complexity index is 1380. The molecule has 0 aliphatic carbocycles. The molecule has 0 N–H and O–H groups in total. The molecule has 0 amide bonds. The number of rotatable bonds is 53. The van der Waals surface area contributed by atoms with Gasteiger partial charge in [-0.05, 0) is 122 Å². The number of ether oxygens (including phenoxy) is 3. The fourth-order valence-electron chi connectivity index (χ4n) is 7.96. The Morgan fingerprint density at radius 2 is 0.643 bits per heavy atom. The Labute approximate surface area is 434 Å². The summed E-state index contributed by atoms with van der Waals surface area (Å²) in [6, 6.07) is 0. The van der Waals surface area contributed by atoms with E-state index in [0.29, 0.717) is 19.4 Å². The SMILES string of the molecule is CC/C=C\C/C=C\C/C=C\C/C=C\CCCCCCCCCOCC(COC(=O)CCCCCCCC/C=C\C/C=C\C/C=C\C/C=C\CC)OC(=O)CCCCCCC/C=C\CCCCCCCC. The second-order valence-corrected chi connectivity index (χ2v) is 19.1. The van der Waals surface area contributed by atoms with Crippen molar-refractivity contribution in [1.29, 1.82) is 0 Å². The molecule has 400 valence electrons. The van der Waals surface area contributed by atoms with Gasteiger partial charge < -0.3 is 14.2 Å². The van der Waals surface area contributed by atoms with Crippen LogP contribution in [0.3, 0.4) is 0 Å². The van der Waals surface area contributed by atoms with Crippen LogP contribution in [0.25, 0.3) is 0 Å². The van der Waals surface area contributed by atoms with E-state index in [1.54, 1.807) is 0 Å². The molecular weight excluding hydrogens is 861 g/mol. The lowest BCUT2D eigenvalue weighted by Gasteiger charge is -2.18. The number of allylic oxidation sites excluding steroid dienone is 18. The highest BCUT2D eigenvalue weighted by Gasteiger charge is 2.17. The monoisotopic (exact) mass is 971 g/mol. The summed E-state index contributed by atoms with van der Waals surface area (Å²) in [7, 11) is 0. The average molecular weight is 972 g/mol. The summed E-state index contributed by atoms with van der Waals surface area (Å²) in [5, 5.41) is 0. The van der Waals surface area contributed by atoms with Crippen molar-refractivity contribution in [2.45, 2.75) is 271 Å². The highest BCUT2D eigenvalue weighted by atomic mass is 16.6. The zero-order valence-corrected chi connectivity index (χ0v) is 46.0. The Balaban J connectivity index is 4.34. The zero-order chi connectivity index (χ0) is 50.6. The molecule has 0 aromatic carbocycles. The maximum atomic E-state index is 12.9. The summed E-state index contributed by atoms with van der Waals surface area (Å²) < 4.78 is 17.5. The molecule has 0 rings (SSSR count). The molecule has 0 aliphatic rings. The van der Waals surface area contributed by atoms with E-state index < -0.39 is 6.10 Å². The number of hydrogen-bond acceptors (Lipinski definition) is 5. The molecular formula is C65H110O5. The molecule has 5 heteroatoms. The Kier molecular flexibility index (Phi) is 56.9. The summed E-state index contributed by atoms with van der Waals surface area (Å²) in [5.74, 6) is -0.428. The second kappa shape index (κ2) is 59.9. The van der Waals surface area contributed by atoms with Gasteiger partial charge >= 0.3 is 11.9 Å². The molecule has 5 nitrogen and oxygen atoms in total. The van der Waals surface area contributed by atoms with Crippen molar-refractivity contribution in [2.75, 3.05) is 19.8 Å². The molecule has 0 saturated carbocycles. The number of carbonyl (C=O) groups is 2. The highest BCUT2D eigenvalue weighted by Crippen LogP contribution is 2.14. The molecule has 0 bridgehead atoms. The number of unbranched alkanes of at least 4 members (excludes halogenated alkanes) is 24. The van der Waals surface area contributed by atoms with E-state index in [1.165, 1.54) is 116 Å². The highest BCUT2D eigenvalue weighted by molar-refractivity contribution is 5.70. The van der Waals surface area contributed by atoms with Gasteiger partial charge in [0.25, 0.3) is 0 Å². The number of hydrogen-bond donors (Lipinski definition) is 0. The van der Waals surface area contributed by atoms with Crippen LogP contribution in [-0.2, 0) is 23.8 Å². The first-order valence-electron chi connectivity index (χ1n) is 29.4. The van der Waals surface area contributed by atoms with Gasteiger partial charge in [0.05, 0.1) is 6.61 Å². The minimum absolute atomic E-state index is 0.0646. The third-order valence-corrected chi connectivity index (χ3v) is 12.3. The van der Waals surface area contributed by atoms with Crippen LogP contribution in [0.2, 0.25) is 0 Å². The first kappa shape index (κ1) is 66.6. The summed E-state index contributed by atoms with van der Waals surface area (Å²) in [6.07, 6.45) is 82.5. The van der Waals surface area contributed by atoms with Gasteiger partial charge in [0.2, 0.25) is 0 Å². The lowest BCUT2D eigenvalue weighted by molar-refractivity contribution is -0.163. The molecule has 0 fully saturated rings. The van der Waals surface area contributed by atoms with Crippen LogP contribution in [0, 0.1) is 0 Å². The van der Waals surface area contributed by atoms with E-state index in [4.69, 9.17) is 14.2 Å². The Hall–Kier alpha value is -3.44. The van der Waals surface area contributed by atoms with Gasteiger partial charge in [-0.3, -0.25) is 9.59 Å². The summed E-state index contributed by atoms with van der Waals surface area (Å²) in [4.78, 5) is 25.6. The van der Waals surface area contributed by atoms with Gasteiger partial charge in [-0.2, -0.15) is 0 Å². The Morgan fingerprint density at radius 3 is 1.04 bits per heavy atom. The van der Waals surface area contributed by atoms with Crippen molar-refractivity contribution < 1.29 is 23.8 Å². The minimum Gasteiger partial charge on any atom is -0.462 e. The number of carbonyl (C=O) groups excluding carboxylic acids is 2. The largest absolute Gasteiger partial charge is 0.462 e. The maximum Gasteiger partial charge on any atom is 0.306 e. The van der Waals surface area contributed by atoms with Crippen molar-refractivity contribution in [1.82, 2.24) is 0 Å². The van der Waals surface area contributed by atoms with Crippen LogP contribution in [0.5, 0.6) is 0 Å². The van der Waals surface area contributed by atoms with Crippen molar-refractivity contribution in [3.8, 4) is 0 Å². The van der Waals surface area contributed by atoms with Crippen LogP contribution in [-0.4, -0.2) is 37.9 Å². The van der Waals surface area contributed by atoms with Gasteiger partial charge in [0, 0.05) is 19.4 Å². The van der Waals surface area contributed by atoms with Gasteiger partial charge in [0.15, 0.2) is 6.10 Å². The van der Waals surface area contributed by atoms with E-state index in [2.05, 4.69) is 130 Å². The maximum absolute atomic E-state index is 12.9. The fraction of sp³-hybridized carbons (Fsp3) is 0.692. The summed E-state index contributed by atoms with van der Waals surface area (Å²) >= 11 is 0. The van der Waals surface area contributed by atoms with E-state index in [1.807, 2.05) is 0 Å². The Morgan fingerprint density at radius 1 is 0.329 bits per heavy atom. The van der Waals surface area contributed by atoms with Gasteiger partial charge in [-0.1, -0.05) is 239 Å². The molecule has 0 aromatic heterocycles. The zero-order valence-electron chi connectivity index (χ0n) is 46.0. The van der Waals surface area contributed by atoms with Crippen molar-refractivity contribution in [3.05, 3.63) is 109 Å². The van der Waals surface area contributed by atoms with Crippen LogP contribution in [0.4, 0.5) is 0 Å². The second-order valence-electron chi connectivity index (χ2n) is 19.1. The molecule has 0 radical (unpaired) electrons. The third-order valence-electron chi connectivity index (χ3n) is 12.3. The van der Waals surface area contributed by atoms with E-state index in [-0.39, 0.29) is 25.2 Å². The molecule has 0 aromatic rings.